The molecule has 0 bridgehead atoms. The lowest BCUT2D eigenvalue weighted by atomic mass is 10.2. The van der Waals surface area contributed by atoms with Gasteiger partial charge in [-0.3, -0.25) is 9.59 Å². The quantitative estimate of drug-likeness (QED) is 0.614. The minimum Gasteiger partial charge on any atom is -0.355 e. The number of hydrogen-bond donors (Lipinski definition) is 2. The van der Waals surface area contributed by atoms with Crippen LogP contribution in [0.1, 0.15) is 12.8 Å². The summed E-state index contributed by atoms with van der Waals surface area (Å²) < 4.78 is 0. The first-order valence-corrected chi connectivity index (χ1v) is 4.79. The van der Waals surface area contributed by atoms with Crippen LogP contribution in [0.5, 0.6) is 0 Å². The largest absolute Gasteiger partial charge is 0.355 e. The van der Waals surface area contributed by atoms with E-state index in [-0.39, 0.29) is 24.7 Å². The number of carbonyl (C=O) groups excluding carboxylic acids is 2. The summed E-state index contributed by atoms with van der Waals surface area (Å²) in [7, 11) is 3.35. The second-order valence-electron chi connectivity index (χ2n) is 2.86. The van der Waals surface area contributed by atoms with Crippen molar-refractivity contribution in [2.75, 3.05) is 26.4 Å². The minimum absolute atomic E-state index is 0.0268. The van der Waals surface area contributed by atoms with Gasteiger partial charge in [0.15, 0.2) is 0 Å². The van der Waals surface area contributed by atoms with Crippen LogP contribution in [-0.2, 0) is 9.59 Å². The zero-order chi connectivity index (χ0) is 10.3. The fraction of sp³-hybridized carbons (Fsp3) is 0.750. The molecule has 0 saturated carbocycles. The highest BCUT2D eigenvalue weighted by atomic mass is 32.1. The molecule has 0 aliphatic heterocycles. The standard InChI is InChI=1S/C8H16N2O2S/c1-10(2)8(12)4-3-7(11)9-5-6-13/h13H,3-6H2,1-2H3,(H,9,11). The van der Waals surface area contributed by atoms with Gasteiger partial charge in [0.25, 0.3) is 0 Å². The Bertz CT molecular complexity index is 183. The number of rotatable bonds is 5. The van der Waals surface area contributed by atoms with Crippen molar-refractivity contribution in [2.45, 2.75) is 12.8 Å². The Hall–Kier alpha value is -0.710. The minimum atomic E-state index is -0.0933. The molecular formula is C8H16N2O2S. The second kappa shape index (κ2) is 6.77. The maximum atomic E-state index is 11.1. The van der Waals surface area contributed by atoms with E-state index in [4.69, 9.17) is 0 Å². The van der Waals surface area contributed by atoms with Crippen molar-refractivity contribution in [3.8, 4) is 0 Å². The van der Waals surface area contributed by atoms with Crippen LogP contribution in [0.3, 0.4) is 0 Å². The molecule has 0 aromatic heterocycles. The Kier molecular flexibility index (Phi) is 6.40. The molecule has 0 saturated heterocycles. The lowest BCUT2D eigenvalue weighted by molar-refractivity contribution is -0.131. The third-order valence-corrected chi connectivity index (χ3v) is 1.72. The van der Waals surface area contributed by atoms with Gasteiger partial charge in [-0.1, -0.05) is 0 Å². The molecule has 1 N–H and O–H groups in total. The number of nitrogens with one attached hydrogen (secondary N) is 1. The van der Waals surface area contributed by atoms with Crippen molar-refractivity contribution in [3.05, 3.63) is 0 Å². The van der Waals surface area contributed by atoms with E-state index in [9.17, 15) is 9.59 Å². The molecule has 0 spiro atoms. The van der Waals surface area contributed by atoms with Gasteiger partial charge < -0.3 is 10.2 Å². The summed E-state index contributed by atoms with van der Waals surface area (Å²) in [5.74, 6) is 0.498. The molecule has 0 aliphatic carbocycles. The molecule has 13 heavy (non-hydrogen) atoms. The highest BCUT2D eigenvalue weighted by Crippen LogP contribution is 1.93. The van der Waals surface area contributed by atoms with Crippen molar-refractivity contribution < 1.29 is 9.59 Å². The van der Waals surface area contributed by atoms with Gasteiger partial charge in [-0.05, 0) is 0 Å². The Labute approximate surface area is 84.1 Å². The topological polar surface area (TPSA) is 49.4 Å². The van der Waals surface area contributed by atoms with Gasteiger partial charge >= 0.3 is 0 Å². The van der Waals surface area contributed by atoms with Crippen molar-refractivity contribution in [2.24, 2.45) is 0 Å². The summed E-state index contributed by atoms with van der Waals surface area (Å²) in [6.07, 6.45) is 0.524. The number of carbonyl (C=O) groups is 2. The van der Waals surface area contributed by atoms with Gasteiger partial charge in [-0.2, -0.15) is 12.6 Å². The molecule has 0 heterocycles. The van der Waals surface area contributed by atoms with Crippen LogP contribution in [0.4, 0.5) is 0 Å². The monoisotopic (exact) mass is 204 g/mol. The molecule has 0 atom stereocenters. The summed E-state index contributed by atoms with van der Waals surface area (Å²) in [6, 6.07) is 0. The van der Waals surface area contributed by atoms with Crippen molar-refractivity contribution in [3.63, 3.8) is 0 Å². The summed E-state index contributed by atoms with van der Waals surface area (Å²) in [5.41, 5.74) is 0. The fourth-order valence-corrected chi connectivity index (χ4v) is 0.840. The first kappa shape index (κ1) is 12.3. The molecular weight excluding hydrogens is 188 g/mol. The highest BCUT2D eigenvalue weighted by molar-refractivity contribution is 7.80. The van der Waals surface area contributed by atoms with Crippen LogP contribution in [0, 0.1) is 0 Å². The van der Waals surface area contributed by atoms with Gasteiger partial charge in [0.2, 0.25) is 11.8 Å². The van der Waals surface area contributed by atoms with Gasteiger partial charge in [0.05, 0.1) is 0 Å². The van der Waals surface area contributed by atoms with E-state index in [0.717, 1.165) is 0 Å². The Morgan fingerprint density at radius 1 is 1.31 bits per heavy atom. The molecule has 0 aromatic rings. The zero-order valence-corrected chi connectivity index (χ0v) is 8.93. The van der Waals surface area contributed by atoms with E-state index in [1.54, 1.807) is 14.1 Å². The van der Waals surface area contributed by atoms with E-state index < -0.39 is 0 Å². The van der Waals surface area contributed by atoms with Crippen LogP contribution in [0.25, 0.3) is 0 Å². The highest BCUT2D eigenvalue weighted by Gasteiger charge is 2.07. The third-order valence-electron chi connectivity index (χ3n) is 1.50. The molecule has 2 amide bonds. The van der Waals surface area contributed by atoms with E-state index in [1.807, 2.05) is 0 Å². The molecule has 0 aliphatic rings. The molecule has 0 rings (SSSR count). The fourth-order valence-electron chi connectivity index (χ4n) is 0.728. The molecule has 76 valence electrons. The Balaban J connectivity index is 3.52. The molecule has 4 nitrogen and oxygen atoms in total. The summed E-state index contributed by atoms with van der Waals surface area (Å²) in [6.45, 7) is 0.554. The molecule has 5 heteroatoms. The lowest BCUT2D eigenvalue weighted by Crippen LogP contribution is -2.28. The van der Waals surface area contributed by atoms with Crippen LogP contribution in [0.15, 0.2) is 0 Å². The summed E-state index contributed by atoms with van der Waals surface area (Å²) >= 11 is 3.95. The predicted molar refractivity (Wildman–Crippen MR) is 54.8 cm³/mol. The van der Waals surface area contributed by atoms with E-state index in [2.05, 4.69) is 17.9 Å². The second-order valence-corrected chi connectivity index (χ2v) is 3.31. The smallest absolute Gasteiger partial charge is 0.222 e. The maximum absolute atomic E-state index is 11.1. The Morgan fingerprint density at radius 2 is 1.92 bits per heavy atom. The number of amides is 2. The molecule has 0 aromatic carbocycles. The van der Waals surface area contributed by atoms with E-state index in [0.29, 0.717) is 12.3 Å². The Morgan fingerprint density at radius 3 is 2.38 bits per heavy atom. The number of nitrogens with zero attached hydrogens (tertiary/aromatic N) is 1. The molecule has 0 radical (unpaired) electrons. The van der Waals surface area contributed by atoms with Crippen molar-refractivity contribution in [1.29, 1.82) is 0 Å². The van der Waals surface area contributed by atoms with Crippen molar-refractivity contribution >= 4 is 24.4 Å². The zero-order valence-electron chi connectivity index (χ0n) is 8.04. The van der Waals surface area contributed by atoms with Gasteiger partial charge in [-0.15, -0.1) is 0 Å². The van der Waals surface area contributed by atoms with E-state index >= 15 is 0 Å². The first-order chi connectivity index (χ1) is 6.07. The number of thiol groups is 1. The normalized spacial score (nSPS) is 9.46. The van der Waals surface area contributed by atoms with Gasteiger partial charge in [-0.25, -0.2) is 0 Å². The lowest BCUT2D eigenvalue weighted by Gasteiger charge is -2.09. The summed E-state index contributed by atoms with van der Waals surface area (Å²) in [4.78, 5) is 23.5. The van der Waals surface area contributed by atoms with Crippen molar-refractivity contribution in [1.82, 2.24) is 10.2 Å². The SMILES string of the molecule is CN(C)C(=O)CCC(=O)NCCS. The van der Waals surface area contributed by atoms with E-state index in [1.165, 1.54) is 4.90 Å². The number of hydrogen-bond acceptors (Lipinski definition) is 3. The third kappa shape index (κ3) is 6.45. The van der Waals surface area contributed by atoms with Gasteiger partial charge in [0, 0.05) is 39.2 Å². The average molecular weight is 204 g/mol. The van der Waals surface area contributed by atoms with Crippen LogP contribution >= 0.6 is 12.6 Å². The van der Waals surface area contributed by atoms with Gasteiger partial charge in [0.1, 0.15) is 0 Å². The molecule has 0 unspecified atom stereocenters. The average Bonchev–Trinajstić information content (AvgIpc) is 2.10. The van der Waals surface area contributed by atoms with Crippen LogP contribution in [0.2, 0.25) is 0 Å². The van der Waals surface area contributed by atoms with Crippen LogP contribution in [-0.4, -0.2) is 43.1 Å². The maximum Gasteiger partial charge on any atom is 0.222 e. The summed E-state index contributed by atoms with van der Waals surface area (Å²) in [5, 5.41) is 2.64. The molecule has 0 fully saturated rings. The first-order valence-electron chi connectivity index (χ1n) is 4.15. The predicted octanol–water partition coefficient (Wildman–Crippen LogP) is -0.0992. The van der Waals surface area contributed by atoms with Crippen LogP contribution < -0.4 is 5.32 Å².